The lowest BCUT2D eigenvalue weighted by molar-refractivity contribution is -0.122. The highest BCUT2D eigenvalue weighted by atomic mass is 32.2. The van der Waals surface area contributed by atoms with Gasteiger partial charge in [-0.1, -0.05) is 18.2 Å². The molecule has 0 aromatic heterocycles. The van der Waals surface area contributed by atoms with Crippen LogP contribution >= 0.6 is 11.8 Å². The smallest absolute Gasteiger partial charge is 0.266 e. The van der Waals surface area contributed by atoms with E-state index in [1.54, 1.807) is 17.0 Å². The Morgan fingerprint density at radius 1 is 1.19 bits per heavy atom. The Labute approximate surface area is 193 Å². The van der Waals surface area contributed by atoms with E-state index in [2.05, 4.69) is 9.89 Å². The number of thioether (sulfide) groups is 1. The second kappa shape index (κ2) is 10.3. The molecule has 2 aromatic rings. The number of ether oxygens (including phenoxy) is 1. The Hall–Kier alpha value is -2.64. The van der Waals surface area contributed by atoms with E-state index >= 15 is 0 Å². The number of rotatable bonds is 7. The first-order valence-electron chi connectivity index (χ1n) is 11.0. The molecule has 0 saturated carbocycles. The summed E-state index contributed by atoms with van der Waals surface area (Å²) in [5.74, 6) is -0.376. The molecular weight excluding hydrogens is 425 g/mol. The first-order valence-corrected chi connectivity index (χ1v) is 11.9. The summed E-state index contributed by atoms with van der Waals surface area (Å²) in [6.07, 6.45) is 3.97. The lowest BCUT2D eigenvalue weighted by Gasteiger charge is -2.19. The molecule has 0 spiro atoms. The number of amides is 1. The highest BCUT2D eigenvalue weighted by Crippen LogP contribution is 2.35. The van der Waals surface area contributed by atoms with E-state index in [1.165, 1.54) is 11.8 Å². The van der Waals surface area contributed by atoms with Crippen LogP contribution in [0.4, 0.5) is 15.8 Å². The molecule has 0 aliphatic carbocycles. The van der Waals surface area contributed by atoms with Gasteiger partial charge < -0.3 is 9.64 Å². The van der Waals surface area contributed by atoms with Crippen LogP contribution in [0.1, 0.15) is 30.9 Å². The Morgan fingerprint density at radius 3 is 2.66 bits per heavy atom. The maximum atomic E-state index is 14.9. The molecule has 168 valence electrons. The van der Waals surface area contributed by atoms with Crippen molar-refractivity contribution in [1.29, 1.82) is 0 Å². The summed E-state index contributed by atoms with van der Waals surface area (Å²) in [5, 5.41) is 0.610. The van der Waals surface area contributed by atoms with Crippen LogP contribution < -0.4 is 4.90 Å². The summed E-state index contributed by atoms with van der Waals surface area (Å²) < 4.78 is 20.3. The number of hydrogen-bond acceptors (Lipinski definition) is 5. The molecule has 5 nitrogen and oxygen atoms in total. The molecular formula is C25H28FN3O2S. The van der Waals surface area contributed by atoms with E-state index < -0.39 is 0 Å². The minimum Gasteiger partial charge on any atom is -0.380 e. The second-order valence-corrected chi connectivity index (χ2v) is 8.86. The van der Waals surface area contributed by atoms with Crippen LogP contribution in [0.25, 0.3) is 6.08 Å². The summed E-state index contributed by atoms with van der Waals surface area (Å²) in [6.45, 7) is 7.10. The van der Waals surface area contributed by atoms with Gasteiger partial charge in [0.25, 0.3) is 5.91 Å². The molecule has 0 N–H and O–H groups in total. The largest absolute Gasteiger partial charge is 0.380 e. The van der Waals surface area contributed by atoms with Gasteiger partial charge in [-0.2, -0.15) is 0 Å². The van der Waals surface area contributed by atoms with Gasteiger partial charge >= 0.3 is 0 Å². The summed E-state index contributed by atoms with van der Waals surface area (Å²) in [4.78, 5) is 22.1. The molecule has 2 saturated heterocycles. The molecule has 7 heteroatoms. The van der Waals surface area contributed by atoms with Gasteiger partial charge in [-0.15, -0.1) is 0 Å². The van der Waals surface area contributed by atoms with Crippen LogP contribution in [0.15, 0.2) is 52.4 Å². The summed E-state index contributed by atoms with van der Waals surface area (Å²) in [6, 6.07) is 13.0. The highest BCUT2D eigenvalue weighted by molar-refractivity contribution is 8.18. The van der Waals surface area contributed by atoms with Crippen molar-refractivity contribution in [1.82, 2.24) is 4.90 Å². The van der Waals surface area contributed by atoms with Gasteiger partial charge in [0.05, 0.1) is 29.4 Å². The van der Waals surface area contributed by atoms with Crippen LogP contribution in [-0.2, 0) is 9.53 Å². The first kappa shape index (κ1) is 22.6. The third-order valence-electron chi connectivity index (χ3n) is 5.60. The van der Waals surface area contributed by atoms with Crippen molar-refractivity contribution >= 4 is 40.3 Å². The lowest BCUT2D eigenvalue weighted by atomic mass is 10.1. The molecule has 1 amide bonds. The van der Waals surface area contributed by atoms with Gasteiger partial charge in [-0.05, 0) is 79.9 Å². The van der Waals surface area contributed by atoms with Crippen molar-refractivity contribution in [2.24, 2.45) is 4.99 Å². The molecule has 0 unspecified atom stereocenters. The van der Waals surface area contributed by atoms with E-state index in [0.29, 0.717) is 41.1 Å². The standard InChI is InChI=1S/C25H28FN3O2S/c1-3-31-14-13-29-24(30)23(32-25(29)27-20-9-5-4-6-10-20)17-19-16-21(26)22(15-18(19)2)28-11-7-8-12-28/h4-6,9-10,15-17H,3,7-8,11-14H2,1-2H3. The van der Waals surface area contributed by atoms with Crippen LogP contribution in [0, 0.1) is 12.7 Å². The number of hydrogen-bond donors (Lipinski definition) is 0. The maximum absolute atomic E-state index is 14.9. The lowest BCUT2D eigenvalue weighted by Crippen LogP contribution is -2.32. The van der Waals surface area contributed by atoms with Crippen molar-refractivity contribution in [3.63, 3.8) is 0 Å². The molecule has 0 bridgehead atoms. The number of carbonyl (C=O) groups is 1. The fourth-order valence-electron chi connectivity index (χ4n) is 3.88. The average Bonchev–Trinajstić information content (AvgIpc) is 3.41. The van der Waals surface area contributed by atoms with Gasteiger partial charge in [0.15, 0.2) is 5.17 Å². The average molecular weight is 454 g/mol. The van der Waals surface area contributed by atoms with Crippen LogP contribution in [0.2, 0.25) is 0 Å². The van der Waals surface area contributed by atoms with Gasteiger partial charge in [0, 0.05) is 19.7 Å². The first-order chi connectivity index (χ1) is 15.6. The van der Waals surface area contributed by atoms with Crippen LogP contribution in [0.5, 0.6) is 0 Å². The number of benzene rings is 2. The number of aliphatic imine (C=N–C) groups is 1. The van der Waals surface area contributed by atoms with Crippen LogP contribution in [-0.4, -0.2) is 48.8 Å². The molecule has 2 heterocycles. The van der Waals surface area contributed by atoms with Crippen molar-refractivity contribution in [2.45, 2.75) is 26.7 Å². The number of para-hydroxylation sites is 1. The van der Waals surface area contributed by atoms with Gasteiger partial charge in [0.2, 0.25) is 0 Å². The van der Waals surface area contributed by atoms with E-state index in [9.17, 15) is 9.18 Å². The zero-order chi connectivity index (χ0) is 22.5. The third-order valence-corrected chi connectivity index (χ3v) is 6.61. The van der Waals surface area contributed by atoms with E-state index in [4.69, 9.17) is 4.74 Å². The van der Waals surface area contributed by atoms with Crippen molar-refractivity contribution < 1.29 is 13.9 Å². The van der Waals surface area contributed by atoms with Crippen molar-refractivity contribution in [3.05, 3.63) is 64.3 Å². The SMILES string of the molecule is CCOCCN1C(=O)C(=Cc2cc(F)c(N3CCCC3)cc2C)SC1=Nc1ccccc1. The Kier molecular flexibility index (Phi) is 7.27. The summed E-state index contributed by atoms with van der Waals surface area (Å²) in [5.41, 5.74) is 3.09. The normalized spacial score (nSPS) is 19.0. The molecule has 0 radical (unpaired) electrons. The van der Waals surface area contributed by atoms with Gasteiger partial charge in [0.1, 0.15) is 5.82 Å². The Bertz CT molecular complexity index is 1030. The number of aryl methyl sites for hydroxylation is 1. The fraction of sp³-hybridized carbons (Fsp3) is 0.360. The molecule has 4 rings (SSSR count). The van der Waals surface area contributed by atoms with E-state index in [0.717, 1.165) is 37.2 Å². The predicted molar refractivity (Wildman–Crippen MR) is 130 cm³/mol. The fourth-order valence-corrected chi connectivity index (χ4v) is 4.90. The number of carbonyl (C=O) groups excluding carboxylic acids is 1. The Balaban J connectivity index is 1.63. The molecule has 2 aliphatic rings. The molecule has 2 aromatic carbocycles. The number of halogens is 1. The quantitative estimate of drug-likeness (QED) is 0.417. The molecule has 0 atom stereocenters. The molecule has 2 aliphatic heterocycles. The van der Waals surface area contributed by atoms with Crippen LogP contribution in [0.3, 0.4) is 0 Å². The minimum absolute atomic E-state index is 0.132. The minimum atomic E-state index is -0.244. The second-order valence-electron chi connectivity index (χ2n) is 7.85. The zero-order valence-electron chi connectivity index (χ0n) is 18.5. The maximum Gasteiger partial charge on any atom is 0.266 e. The number of anilines is 1. The zero-order valence-corrected chi connectivity index (χ0v) is 19.3. The topological polar surface area (TPSA) is 45.1 Å². The number of amidine groups is 1. The summed E-state index contributed by atoms with van der Waals surface area (Å²) >= 11 is 1.32. The van der Waals surface area contributed by atoms with E-state index in [1.807, 2.05) is 50.2 Å². The predicted octanol–water partition coefficient (Wildman–Crippen LogP) is 5.37. The van der Waals surface area contributed by atoms with E-state index in [-0.39, 0.29) is 11.7 Å². The monoisotopic (exact) mass is 453 g/mol. The van der Waals surface area contributed by atoms with Gasteiger partial charge in [-0.25, -0.2) is 9.38 Å². The molecule has 32 heavy (non-hydrogen) atoms. The number of nitrogens with zero attached hydrogens (tertiary/aromatic N) is 3. The Morgan fingerprint density at radius 2 is 1.94 bits per heavy atom. The summed E-state index contributed by atoms with van der Waals surface area (Å²) in [7, 11) is 0. The molecule has 2 fully saturated rings. The highest BCUT2D eigenvalue weighted by Gasteiger charge is 2.33. The third kappa shape index (κ3) is 5.05. The van der Waals surface area contributed by atoms with Crippen molar-refractivity contribution in [2.75, 3.05) is 37.7 Å². The van der Waals surface area contributed by atoms with Crippen molar-refractivity contribution in [3.8, 4) is 0 Å². The van der Waals surface area contributed by atoms with Gasteiger partial charge in [-0.3, -0.25) is 9.69 Å².